The molecule has 7 nitrogen and oxygen atoms in total. The fraction of sp³-hybridized carbons (Fsp3) is 0.440. The summed E-state index contributed by atoms with van der Waals surface area (Å²) in [7, 11) is 0. The number of amides is 1. The average Bonchev–Trinajstić information content (AvgIpc) is 3.09. The Kier molecular flexibility index (Phi) is 6.00. The van der Waals surface area contributed by atoms with Gasteiger partial charge in [-0.25, -0.2) is 9.67 Å². The number of fused-ring (bicyclic) bond motifs is 1. The van der Waals surface area contributed by atoms with Crippen molar-refractivity contribution < 1.29 is 4.79 Å². The molecule has 1 amide bonds. The van der Waals surface area contributed by atoms with Crippen molar-refractivity contribution in [2.75, 3.05) is 16.8 Å². The fourth-order valence-electron chi connectivity index (χ4n) is 4.12. The lowest BCUT2D eigenvalue weighted by Gasteiger charge is -2.31. The van der Waals surface area contributed by atoms with Gasteiger partial charge in [-0.2, -0.15) is 0 Å². The summed E-state index contributed by atoms with van der Waals surface area (Å²) in [4.78, 5) is 19.7. The van der Waals surface area contributed by atoms with Crippen LogP contribution in [-0.4, -0.2) is 32.4 Å². The van der Waals surface area contributed by atoms with Crippen LogP contribution < -0.4 is 10.2 Å². The number of nitrogens with zero attached hydrogens (tertiary/aromatic N) is 5. The van der Waals surface area contributed by atoms with Gasteiger partial charge in [0.1, 0.15) is 5.82 Å². The molecular weight excluding hydrogens is 400 g/mol. The van der Waals surface area contributed by atoms with E-state index in [9.17, 15) is 4.79 Å². The number of benzene rings is 1. The molecule has 3 heterocycles. The lowest BCUT2D eigenvalue weighted by molar-refractivity contribution is -0.117. The van der Waals surface area contributed by atoms with Gasteiger partial charge in [0.25, 0.3) is 0 Å². The van der Waals surface area contributed by atoms with Crippen LogP contribution in [0.2, 0.25) is 0 Å². The average molecular weight is 433 g/mol. The molecule has 2 aromatic heterocycles. The number of pyridine rings is 1. The summed E-state index contributed by atoms with van der Waals surface area (Å²) < 4.78 is 1.92. The molecular formula is C25H32N6O. The van der Waals surface area contributed by atoms with Gasteiger partial charge in [-0.1, -0.05) is 44.2 Å². The first-order chi connectivity index (χ1) is 15.2. The Balaban J connectivity index is 1.60. The van der Waals surface area contributed by atoms with Gasteiger partial charge in [0.2, 0.25) is 5.91 Å². The Morgan fingerprint density at radius 1 is 1.16 bits per heavy atom. The zero-order valence-corrected chi connectivity index (χ0v) is 19.6. The molecule has 1 aliphatic rings. The van der Waals surface area contributed by atoms with Crippen LogP contribution in [0.15, 0.2) is 36.4 Å². The van der Waals surface area contributed by atoms with Crippen molar-refractivity contribution in [3.05, 3.63) is 59.0 Å². The summed E-state index contributed by atoms with van der Waals surface area (Å²) in [5, 5.41) is 11.7. The molecule has 0 saturated heterocycles. The minimum absolute atomic E-state index is 0.00850. The lowest BCUT2D eigenvalue weighted by Crippen LogP contribution is -2.31. The third kappa shape index (κ3) is 4.82. The zero-order chi connectivity index (χ0) is 22.9. The molecule has 0 spiro atoms. The number of hydrogen-bond acceptors (Lipinski definition) is 5. The second kappa shape index (κ2) is 8.73. The second-order valence-corrected chi connectivity index (χ2v) is 9.80. The predicted molar refractivity (Wildman–Crippen MR) is 127 cm³/mol. The minimum atomic E-state index is -0.0589. The zero-order valence-electron chi connectivity index (χ0n) is 19.6. The molecule has 0 aliphatic carbocycles. The largest absolute Gasteiger partial charge is 0.364 e. The Labute approximate surface area is 189 Å². The third-order valence-electron chi connectivity index (χ3n) is 5.70. The number of rotatable bonds is 5. The van der Waals surface area contributed by atoms with Crippen molar-refractivity contribution in [1.29, 1.82) is 0 Å². The summed E-state index contributed by atoms with van der Waals surface area (Å²) in [5.41, 5.74) is 6.08. The first-order valence-electron chi connectivity index (χ1n) is 11.2. The standard InChI is InChI=1S/C25H32N6O/c1-17-14-21-20(26-24(17)27-23(32)15-25(3,4)5)12-9-13-30(21)16-22-18(2)28-29-31(22)19-10-7-6-8-11-19/h6-8,10-11,14H,9,12-13,15-16H2,1-5H3,(H,26,27,32). The molecule has 0 saturated carbocycles. The summed E-state index contributed by atoms with van der Waals surface area (Å²) in [6.45, 7) is 11.9. The van der Waals surface area contributed by atoms with Gasteiger partial charge < -0.3 is 10.2 Å². The van der Waals surface area contributed by atoms with Crippen LogP contribution >= 0.6 is 0 Å². The Hall–Kier alpha value is -3.22. The molecule has 168 valence electrons. The highest BCUT2D eigenvalue weighted by atomic mass is 16.1. The van der Waals surface area contributed by atoms with Crippen LogP contribution in [0, 0.1) is 19.3 Å². The van der Waals surface area contributed by atoms with Crippen molar-refractivity contribution in [3.63, 3.8) is 0 Å². The van der Waals surface area contributed by atoms with E-state index < -0.39 is 0 Å². The molecule has 1 aromatic carbocycles. The monoisotopic (exact) mass is 432 g/mol. The molecule has 32 heavy (non-hydrogen) atoms. The number of carbonyl (C=O) groups is 1. The number of aromatic nitrogens is 4. The Bertz CT molecular complexity index is 1110. The predicted octanol–water partition coefficient (Wildman–Crippen LogP) is 4.61. The summed E-state index contributed by atoms with van der Waals surface area (Å²) >= 11 is 0. The van der Waals surface area contributed by atoms with E-state index in [4.69, 9.17) is 4.98 Å². The number of anilines is 2. The first-order valence-corrected chi connectivity index (χ1v) is 11.2. The van der Waals surface area contributed by atoms with Gasteiger partial charge in [0, 0.05) is 13.0 Å². The van der Waals surface area contributed by atoms with E-state index in [1.807, 2.05) is 48.9 Å². The Morgan fingerprint density at radius 3 is 2.62 bits per heavy atom. The highest BCUT2D eigenvalue weighted by Crippen LogP contribution is 2.32. The van der Waals surface area contributed by atoms with E-state index in [1.165, 1.54) is 0 Å². The van der Waals surface area contributed by atoms with E-state index >= 15 is 0 Å². The van der Waals surface area contributed by atoms with Crippen molar-refractivity contribution >= 4 is 17.4 Å². The van der Waals surface area contributed by atoms with Crippen molar-refractivity contribution in [3.8, 4) is 5.69 Å². The van der Waals surface area contributed by atoms with E-state index in [0.717, 1.165) is 53.4 Å². The van der Waals surface area contributed by atoms with Crippen molar-refractivity contribution in [2.45, 2.75) is 60.4 Å². The summed E-state index contributed by atoms with van der Waals surface area (Å²) in [6.07, 6.45) is 2.39. The minimum Gasteiger partial charge on any atom is -0.364 e. The molecule has 0 bridgehead atoms. The topological polar surface area (TPSA) is 75.9 Å². The maximum atomic E-state index is 12.5. The van der Waals surface area contributed by atoms with Crippen LogP contribution in [-0.2, 0) is 17.8 Å². The summed E-state index contributed by atoms with van der Waals surface area (Å²) in [5.74, 6) is 0.682. The van der Waals surface area contributed by atoms with Crippen molar-refractivity contribution in [2.24, 2.45) is 5.41 Å². The van der Waals surface area contributed by atoms with E-state index in [1.54, 1.807) is 0 Å². The highest BCUT2D eigenvalue weighted by Gasteiger charge is 2.24. The van der Waals surface area contributed by atoms with Gasteiger partial charge in [-0.3, -0.25) is 4.79 Å². The third-order valence-corrected chi connectivity index (χ3v) is 5.70. The second-order valence-electron chi connectivity index (χ2n) is 9.80. The smallest absolute Gasteiger partial charge is 0.226 e. The molecule has 4 rings (SSSR count). The van der Waals surface area contributed by atoms with Gasteiger partial charge in [0.15, 0.2) is 0 Å². The van der Waals surface area contributed by atoms with Gasteiger partial charge in [-0.05, 0) is 55.9 Å². The van der Waals surface area contributed by atoms with Gasteiger partial charge in [0.05, 0.1) is 35.0 Å². The normalized spacial score (nSPS) is 13.7. The van der Waals surface area contributed by atoms with Crippen LogP contribution in [0.25, 0.3) is 5.69 Å². The maximum absolute atomic E-state index is 12.5. The number of carbonyl (C=O) groups excluding carboxylic acids is 1. The summed E-state index contributed by atoms with van der Waals surface area (Å²) in [6, 6.07) is 12.3. The van der Waals surface area contributed by atoms with E-state index in [2.05, 4.69) is 47.4 Å². The molecule has 7 heteroatoms. The van der Waals surface area contributed by atoms with Crippen LogP contribution in [0.4, 0.5) is 11.5 Å². The van der Waals surface area contributed by atoms with Gasteiger partial charge in [-0.15, -0.1) is 5.10 Å². The molecule has 0 fully saturated rings. The highest BCUT2D eigenvalue weighted by molar-refractivity contribution is 5.91. The number of aryl methyl sites for hydroxylation is 3. The Morgan fingerprint density at radius 2 is 1.91 bits per heavy atom. The molecule has 3 aromatic rings. The number of nitrogens with one attached hydrogen (secondary N) is 1. The molecule has 1 N–H and O–H groups in total. The number of hydrogen-bond donors (Lipinski definition) is 1. The SMILES string of the molecule is Cc1cc2c(nc1NC(=O)CC(C)(C)C)CCCN2Cc1c(C)nnn1-c1ccccc1. The first kappa shape index (κ1) is 22.0. The van der Waals surface area contributed by atoms with Crippen molar-refractivity contribution in [1.82, 2.24) is 20.0 Å². The van der Waals surface area contributed by atoms with Crippen LogP contribution in [0.3, 0.4) is 0 Å². The van der Waals surface area contributed by atoms with E-state index in [-0.39, 0.29) is 11.3 Å². The maximum Gasteiger partial charge on any atom is 0.226 e. The van der Waals surface area contributed by atoms with E-state index in [0.29, 0.717) is 18.8 Å². The fourth-order valence-corrected chi connectivity index (χ4v) is 4.12. The van der Waals surface area contributed by atoms with Crippen LogP contribution in [0.5, 0.6) is 0 Å². The number of para-hydroxylation sites is 1. The molecule has 0 atom stereocenters. The molecule has 0 radical (unpaired) electrons. The quantitative estimate of drug-likeness (QED) is 0.637. The van der Waals surface area contributed by atoms with Crippen LogP contribution in [0.1, 0.15) is 56.3 Å². The lowest BCUT2D eigenvalue weighted by atomic mass is 9.92. The van der Waals surface area contributed by atoms with Gasteiger partial charge >= 0.3 is 0 Å². The molecule has 1 aliphatic heterocycles. The molecule has 0 unspecified atom stereocenters.